The molecule has 168 valence electrons. The second kappa shape index (κ2) is 10.9. The van der Waals surface area contributed by atoms with Gasteiger partial charge in [0.05, 0.1) is 23.7 Å². The number of benzene rings is 3. The number of aromatic nitrogens is 2. The molecule has 0 aliphatic rings. The van der Waals surface area contributed by atoms with Gasteiger partial charge >= 0.3 is 0 Å². The minimum Gasteiger partial charge on any atom is -0.497 e. The summed E-state index contributed by atoms with van der Waals surface area (Å²) in [5, 5.41) is 3.54. The van der Waals surface area contributed by atoms with Crippen LogP contribution >= 0.6 is 11.8 Å². The molecule has 0 aliphatic heterocycles. The first-order valence-electron chi connectivity index (χ1n) is 11.0. The Morgan fingerprint density at radius 3 is 2.21 bits per heavy atom. The van der Waals surface area contributed by atoms with Crippen LogP contribution < -0.4 is 10.1 Å². The third-order valence-electron chi connectivity index (χ3n) is 5.33. The van der Waals surface area contributed by atoms with Gasteiger partial charge in [0, 0.05) is 17.7 Å². The Hall–Kier alpha value is -3.51. The maximum absolute atomic E-state index is 12.9. The van der Waals surface area contributed by atoms with E-state index in [9.17, 15) is 4.79 Å². The predicted molar refractivity (Wildman–Crippen MR) is 134 cm³/mol. The van der Waals surface area contributed by atoms with Gasteiger partial charge in [-0.15, -0.1) is 0 Å². The van der Waals surface area contributed by atoms with E-state index in [-0.39, 0.29) is 11.2 Å². The largest absolute Gasteiger partial charge is 0.497 e. The first kappa shape index (κ1) is 22.7. The smallest absolute Gasteiger partial charge is 0.233 e. The molecule has 0 saturated heterocycles. The summed E-state index contributed by atoms with van der Waals surface area (Å²) >= 11 is 1.46. The molecule has 5 nitrogen and oxygen atoms in total. The number of ether oxygens (including phenoxy) is 1. The second-order valence-electron chi connectivity index (χ2n) is 7.58. The number of hydrogen-bond donors (Lipinski definition) is 2. The van der Waals surface area contributed by atoms with Gasteiger partial charge in [0.1, 0.15) is 5.75 Å². The fraction of sp³-hybridized carbons (Fsp3) is 0.185. The number of hydrogen-bond acceptors (Lipinski definition) is 4. The van der Waals surface area contributed by atoms with Crippen molar-refractivity contribution < 1.29 is 9.53 Å². The van der Waals surface area contributed by atoms with E-state index in [0.29, 0.717) is 13.0 Å². The van der Waals surface area contributed by atoms with Gasteiger partial charge < -0.3 is 15.0 Å². The molecule has 6 heteroatoms. The van der Waals surface area contributed by atoms with Crippen molar-refractivity contribution in [3.05, 3.63) is 90.5 Å². The van der Waals surface area contributed by atoms with Crippen molar-refractivity contribution in [3.8, 4) is 28.3 Å². The number of amides is 1. The maximum Gasteiger partial charge on any atom is 0.233 e. The third kappa shape index (κ3) is 5.65. The molecule has 0 saturated carbocycles. The van der Waals surface area contributed by atoms with E-state index in [1.54, 1.807) is 7.11 Å². The van der Waals surface area contributed by atoms with Crippen LogP contribution in [0.15, 0.2) is 90.1 Å². The fourth-order valence-corrected chi connectivity index (χ4v) is 4.46. The van der Waals surface area contributed by atoms with E-state index in [4.69, 9.17) is 9.72 Å². The van der Waals surface area contributed by atoms with Gasteiger partial charge in [-0.1, -0.05) is 91.5 Å². The second-order valence-corrected chi connectivity index (χ2v) is 8.77. The van der Waals surface area contributed by atoms with Gasteiger partial charge in [0.2, 0.25) is 5.91 Å². The van der Waals surface area contributed by atoms with E-state index in [1.165, 1.54) is 11.8 Å². The molecule has 4 aromatic rings. The summed E-state index contributed by atoms with van der Waals surface area (Å²) in [6.45, 7) is 2.49. The molecule has 0 radical (unpaired) electrons. The molecule has 2 N–H and O–H groups in total. The Morgan fingerprint density at radius 2 is 1.61 bits per heavy atom. The molecule has 1 unspecified atom stereocenters. The van der Waals surface area contributed by atoms with Crippen LogP contribution in [-0.4, -0.2) is 28.2 Å². The molecule has 1 heterocycles. The Labute approximate surface area is 198 Å². The molecule has 0 spiro atoms. The van der Waals surface area contributed by atoms with E-state index in [0.717, 1.165) is 39.0 Å². The molecular formula is C27H27N3O2S. The van der Waals surface area contributed by atoms with Crippen LogP contribution in [0, 0.1) is 0 Å². The number of rotatable bonds is 9. The highest BCUT2D eigenvalue weighted by molar-refractivity contribution is 8.00. The first-order valence-corrected chi connectivity index (χ1v) is 11.8. The topological polar surface area (TPSA) is 67.0 Å². The summed E-state index contributed by atoms with van der Waals surface area (Å²) in [5.41, 5.74) is 4.97. The van der Waals surface area contributed by atoms with Gasteiger partial charge in [-0.3, -0.25) is 4.79 Å². The van der Waals surface area contributed by atoms with E-state index < -0.39 is 0 Å². The van der Waals surface area contributed by atoms with Gasteiger partial charge in [0.15, 0.2) is 5.16 Å². The highest BCUT2D eigenvalue weighted by Gasteiger charge is 2.22. The van der Waals surface area contributed by atoms with Crippen molar-refractivity contribution in [3.63, 3.8) is 0 Å². The third-order valence-corrected chi connectivity index (χ3v) is 6.58. The Kier molecular flexibility index (Phi) is 7.47. The highest BCUT2D eigenvalue weighted by atomic mass is 32.2. The predicted octanol–water partition coefficient (Wildman–Crippen LogP) is 5.94. The minimum atomic E-state index is -0.248. The number of thioether (sulfide) groups is 1. The van der Waals surface area contributed by atoms with Crippen LogP contribution in [0.1, 0.15) is 18.9 Å². The van der Waals surface area contributed by atoms with Crippen molar-refractivity contribution in [2.24, 2.45) is 0 Å². The number of carbonyl (C=O) groups excluding carboxylic acids is 1. The highest BCUT2D eigenvalue weighted by Crippen LogP contribution is 2.34. The van der Waals surface area contributed by atoms with Crippen LogP contribution in [0.5, 0.6) is 5.75 Å². The van der Waals surface area contributed by atoms with Crippen LogP contribution in [0.4, 0.5) is 0 Å². The van der Waals surface area contributed by atoms with Crippen molar-refractivity contribution in [2.75, 3.05) is 7.11 Å². The number of aromatic amines is 1. The fourth-order valence-electron chi connectivity index (χ4n) is 3.53. The zero-order chi connectivity index (χ0) is 23.0. The number of imidazole rings is 1. The van der Waals surface area contributed by atoms with Crippen molar-refractivity contribution >= 4 is 17.7 Å². The number of H-pyrrole nitrogens is 1. The SMILES string of the molecule is CCC(Sc1nc(-c2ccccc2)c(-c2ccccc2)[nH]1)C(=O)NCc1ccc(OC)cc1. The molecule has 1 atom stereocenters. The lowest BCUT2D eigenvalue weighted by atomic mass is 10.1. The molecular weight excluding hydrogens is 430 g/mol. The zero-order valence-electron chi connectivity index (χ0n) is 18.7. The maximum atomic E-state index is 12.9. The lowest BCUT2D eigenvalue weighted by molar-refractivity contribution is -0.120. The van der Waals surface area contributed by atoms with E-state index in [2.05, 4.69) is 34.6 Å². The number of methoxy groups -OCH3 is 1. The number of nitrogens with one attached hydrogen (secondary N) is 2. The molecule has 0 fully saturated rings. The summed E-state index contributed by atoms with van der Waals surface area (Å²) in [4.78, 5) is 21.2. The van der Waals surface area contributed by atoms with Crippen molar-refractivity contribution in [2.45, 2.75) is 30.3 Å². The zero-order valence-corrected chi connectivity index (χ0v) is 19.6. The van der Waals surface area contributed by atoms with Crippen LogP contribution in [-0.2, 0) is 11.3 Å². The molecule has 0 bridgehead atoms. The van der Waals surface area contributed by atoms with Crippen molar-refractivity contribution in [1.82, 2.24) is 15.3 Å². The molecule has 4 rings (SSSR count). The van der Waals surface area contributed by atoms with Crippen molar-refractivity contribution in [1.29, 1.82) is 0 Å². The summed E-state index contributed by atoms with van der Waals surface area (Å²) in [6, 6.07) is 28.0. The molecule has 33 heavy (non-hydrogen) atoms. The van der Waals surface area contributed by atoms with Gasteiger partial charge in [0.25, 0.3) is 0 Å². The number of nitrogens with zero attached hydrogens (tertiary/aromatic N) is 1. The normalized spacial score (nSPS) is 11.7. The molecule has 1 amide bonds. The lowest BCUT2D eigenvalue weighted by Gasteiger charge is -2.13. The average molecular weight is 458 g/mol. The molecule has 3 aromatic carbocycles. The first-order chi connectivity index (χ1) is 16.2. The summed E-state index contributed by atoms with van der Waals surface area (Å²) < 4.78 is 5.19. The quantitative estimate of drug-likeness (QED) is 0.305. The molecule has 1 aromatic heterocycles. The standard InChI is InChI=1S/C27H27N3O2S/c1-3-23(26(31)28-18-19-14-16-22(32-2)17-15-19)33-27-29-24(20-10-6-4-7-11-20)25(30-27)21-12-8-5-9-13-21/h4-17,23H,3,18H2,1-2H3,(H,28,31)(H,29,30). The minimum absolute atomic E-state index is 0.00256. The molecule has 0 aliphatic carbocycles. The van der Waals surface area contributed by atoms with Crippen LogP contribution in [0.25, 0.3) is 22.5 Å². The van der Waals surface area contributed by atoms with Gasteiger partial charge in [-0.2, -0.15) is 0 Å². The monoisotopic (exact) mass is 457 g/mol. The number of carbonyl (C=O) groups is 1. The van der Waals surface area contributed by atoms with Gasteiger partial charge in [-0.25, -0.2) is 4.98 Å². The summed E-state index contributed by atoms with van der Waals surface area (Å²) in [6.07, 6.45) is 0.696. The Bertz CT molecular complexity index is 1120. The van der Waals surface area contributed by atoms with Crippen LogP contribution in [0.3, 0.4) is 0 Å². The van der Waals surface area contributed by atoms with Gasteiger partial charge in [-0.05, 0) is 24.1 Å². The lowest BCUT2D eigenvalue weighted by Crippen LogP contribution is -2.31. The Morgan fingerprint density at radius 1 is 0.970 bits per heavy atom. The average Bonchev–Trinajstić information content (AvgIpc) is 3.31. The summed E-state index contributed by atoms with van der Waals surface area (Å²) in [7, 11) is 1.64. The van der Waals surface area contributed by atoms with E-state index in [1.807, 2.05) is 67.6 Å². The van der Waals surface area contributed by atoms with E-state index >= 15 is 0 Å². The summed E-state index contributed by atoms with van der Waals surface area (Å²) in [5.74, 6) is 0.797. The van der Waals surface area contributed by atoms with Crippen LogP contribution in [0.2, 0.25) is 0 Å². The Balaban J connectivity index is 1.51.